The zero-order chi connectivity index (χ0) is 12.3. The Hall–Kier alpha value is -0.140. The third-order valence-corrected chi connectivity index (χ3v) is 5.28. The zero-order valence-corrected chi connectivity index (χ0v) is 12.9. The van der Waals surface area contributed by atoms with Gasteiger partial charge in [0.25, 0.3) is 0 Å². The van der Waals surface area contributed by atoms with E-state index in [9.17, 15) is 8.42 Å². The first kappa shape index (κ1) is 15.9. The molecule has 4 nitrogen and oxygen atoms in total. The summed E-state index contributed by atoms with van der Waals surface area (Å²) in [5.74, 6) is 0. The van der Waals surface area contributed by atoms with Crippen LogP contribution in [0.4, 0.5) is 0 Å². The van der Waals surface area contributed by atoms with Crippen LogP contribution in [0, 0.1) is 0 Å². The van der Waals surface area contributed by atoms with Gasteiger partial charge in [-0.1, -0.05) is 12.1 Å². The van der Waals surface area contributed by atoms with E-state index in [1.807, 2.05) is 0 Å². The number of rotatable bonds is 3. The van der Waals surface area contributed by atoms with E-state index in [4.69, 9.17) is 0 Å². The number of hydrogen-bond acceptors (Lipinski definition) is 3. The molecule has 102 valence electrons. The molecule has 1 heterocycles. The molecule has 2 N–H and O–H groups in total. The second-order valence-electron chi connectivity index (χ2n) is 4.09. The van der Waals surface area contributed by atoms with E-state index < -0.39 is 10.0 Å². The van der Waals surface area contributed by atoms with E-state index >= 15 is 0 Å². The lowest BCUT2D eigenvalue weighted by atomic mass is 10.1. The first-order valence-corrected chi connectivity index (χ1v) is 7.85. The summed E-state index contributed by atoms with van der Waals surface area (Å²) in [6, 6.07) is 6.83. The molecule has 1 fully saturated rings. The molecule has 0 radical (unpaired) electrons. The third-order valence-electron chi connectivity index (χ3n) is 2.74. The molecule has 1 aliphatic heterocycles. The maximum absolute atomic E-state index is 12.2. The van der Waals surface area contributed by atoms with Gasteiger partial charge in [0.15, 0.2) is 0 Å². The van der Waals surface area contributed by atoms with Crippen LogP contribution in [0.2, 0.25) is 0 Å². The van der Waals surface area contributed by atoms with Gasteiger partial charge in [-0.3, -0.25) is 0 Å². The van der Waals surface area contributed by atoms with Crippen LogP contribution in [0.5, 0.6) is 0 Å². The number of piperidine rings is 1. The van der Waals surface area contributed by atoms with E-state index in [-0.39, 0.29) is 18.4 Å². The van der Waals surface area contributed by atoms with Crippen molar-refractivity contribution >= 4 is 38.4 Å². The Morgan fingerprint density at radius 2 is 2.06 bits per heavy atom. The SMILES string of the molecule is Cl.O=S(=O)(N[C@H]1CCCNC1)c1ccccc1Br. The zero-order valence-electron chi connectivity index (χ0n) is 9.73. The molecule has 1 aliphatic rings. The predicted molar refractivity (Wildman–Crippen MR) is 77.6 cm³/mol. The minimum absolute atomic E-state index is 0. The van der Waals surface area contributed by atoms with Crippen LogP contribution in [0.3, 0.4) is 0 Å². The van der Waals surface area contributed by atoms with Gasteiger partial charge in [0.1, 0.15) is 0 Å². The van der Waals surface area contributed by atoms with Crippen molar-refractivity contribution < 1.29 is 8.42 Å². The molecule has 0 aromatic heterocycles. The highest BCUT2D eigenvalue weighted by Gasteiger charge is 2.22. The number of sulfonamides is 1. The van der Waals surface area contributed by atoms with Gasteiger partial charge < -0.3 is 5.32 Å². The fraction of sp³-hybridized carbons (Fsp3) is 0.455. The van der Waals surface area contributed by atoms with Crippen molar-refractivity contribution in [3.05, 3.63) is 28.7 Å². The number of halogens is 2. The number of nitrogens with one attached hydrogen (secondary N) is 2. The van der Waals surface area contributed by atoms with Gasteiger partial charge in [0.05, 0.1) is 4.90 Å². The van der Waals surface area contributed by atoms with E-state index in [0.717, 1.165) is 19.4 Å². The summed E-state index contributed by atoms with van der Waals surface area (Å²) >= 11 is 3.26. The Balaban J connectivity index is 0.00000162. The molecule has 1 aromatic rings. The van der Waals surface area contributed by atoms with E-state index in [1.54, 1.807) is 24.3 Å². The van der Waals surface area contributed by atoms with E-state index in [2.05, 4.69) is 26.0 Å². The monoisotopic (exact) mass is 354 g/mol. The predicted octanol–water partition coefficient (Wildman–Crippen LogP) is 1.90. The lowest BCUT2D eigenvalue weighted by Crippen LogP contribution is -2.45. The summed E-state index contributed by atoms with van der Waals surface area (Å²) in [6.45, 7) is 1.66. The molecule has 1 aromatic carbocycles. The highest BCUT2D eigenvalue weighted by Crippen LogP contribution is 2.21. The fourth-order valence-corrected chi connectivity index (χ4v) is 4.17. The molecule has 7 heteroatoms. The average Bonchev–Trinajstić information content (AvgIpc) is 2.30. The smallest absolute Gasteiger partial charge is 0.241 e. The molecule has 0 spiro atoms. The Labute approximate surface area is 122 Å². The van der Waals surface area contributed by atoms with Crippen LogP contribution >= 0.6 is 28.3 Å². The molecule has 0 amide bonds. The fourth-order valence-electron chi connectivity index (χ4n) is 1.90. The van der Waals surface area contributed by atoms with Crippen LogP contribution in [-0.4, -0.2) is 27.5 Å². The van der Waals surface area contributed by atoms with Gasteiger partial charge in [0.2, 0.25) is 10.0 Å². The van der Waals surface area contributed by atoms with Gasteiger partial charge >= 0.3 is 0 Å². The molecular formula is C11H16BrClN2O2S. The molecule has 18 heavy (non-hydrogen) atoms. The summed E-state index contributed by atoms with van der Waals surface area (Å²) in [5.41, 5.74) is 0. The van der Waals surface area contributed by atoms with Gasteiger partial charge in [0, 0.05) is 17.1 Å². The highest BCUT2D eigenvalue weighted by atomic mass is 79.9. The minimum Gasteiger partial charge on any atom is -0.315 e. The topological polar surface area (TPSA) is 58.2 Å². The molecule has 0 aliphatic carbocycles. The van der Waals surface area contributed by atoms with Crippen molar-refractivity contribution in [3.63, 3.8) is 0 Å². The van der Waals surface area contributed by atoms with Crippen molar-refractivity contribution in [3.8, 4) is 0 Å². The molecular weight excluding hydrogens is 340 g/mol. The third kappa shape index (κ3) is 3.93. The van der Waals surface area contributed by atoms with Gasteiger partial charge in [-0.05, 0) is 47.4 Å². The number of benzene rings is 1. The molecule has 0 bridgehead atoms. The summed E-state index contributed by atoms with van der Waals surface area (Å²) in [7, 11) is -3.43. The first-order chi connectivity index (χ1) is 8.09. The molecule has 1 saturated heterocycles. The van der Waals surface area contributed by atoms with Crippen molar-refractivity contribution in [2.45, 2.75) is 23.8 Å². The van der Waals surface area contributed by atoms with Crippen molar-refractivity contribution in [2.75, 3.05) is 13.1 Å². The van der Waals surface area contributed by atoms with Gasteiger partial charge in [-0.15, -0.1) is 12.4 Å². The van der Waals surface area contributed by atoms with Crippen LogP contribution in [0.15, 0.2) is 33.6 Å². The van der Waals surface area contributed by atoms with Crippen LogP contribution < -0.4 is 10.0 Å². The Morgan fingerprint density at radius 3 is 2.67 bits per heavy atom. The van der Waals surface area contributed by atoms with Gasteiger partial charge in [-0.25, -0.2) is 13.1 Å². The molecule has 2 rings (SSSR count). The van der Waals surface area contributed by atoms with Crippen molar-refractivity contribution in [1.82, 2.24) is 10.0 Å². The molecule has 0 saturated carbocycles. The van der Waals surface area contributed by atoms with Crippen LogP contribution in [0.1, 0.15) is 12.8 Å². The summed E-state index contributed by atoms with van der Waals surface area (Å²) in [5, 5.41) is 3.18. The summed E-state index contributed by atoms with van der Waals surface area (Å²) in [4.78, 5) is 0.297. The molecule has 1 atom stereocenters. The maximum atomic E-state index is 12.2. The lowest BCUT2D eigenvalue weighted by Gasteiger charge is -2.23. The first-order valence-electron chi connectivity index (χ1n) is 5.57. The standard InChI is InChI=1S/C11H15BrN2O2S.ClH/c12-10-5-1-2-6-11(10)17(15,16)14-9-4-3-7-13-8-9;/h1-2,5-6,9,13-14H,3-4,7-8H2;1H/t9-;/m0./s1. The Kier molecular flexibility index (Phi) is 6.07. The Bertz CT molecular complexity index is 490. The second-order valence-corrected chi connectivity index (χ2v) is 6.63. The van der Waals surface area contributed by atoms with Crippen molar-refractivity contribution in [1.29, 1.82) is 0 Å². The summed E-state index contributed by atoms with van der Waals surface area (Å²) in [6.07, 6.45) is 1.89. The largest absolute Gasteiger partial charge is 0.315 e. The number of hydrogen-bond donors (Lipinski definition) is 2. The second kappa shape index (κ2) is 6.86. The van der Waals surface area contributed by atoms with E-state index in [0.29, 0.717) is 15.9 Å². The Morgan fingerprint density at radius 1 is 1.33 bits per heavy atom. The van der Waals surface area contributed by atoms with Crippen LogP contribution in [-0.2, 0) is 10.0 Å². The highest BCUT2D eigenvalue weighted by molar-refractivity contribution is 9.10. The maximum Gasteiger partial charge on any atom is 0.241 e. The quantitative estimate of drug-likeness (QED) is 0.870. The van der Waals surface area contributed by atoms with Gasteiger partial charge in [-0.2, -0.15) is 0 Å². The molecule has 0 unspecified atom stereocenters. The van der Waals surface area contributed by atoms with E-state index in [1.165, 1.54) is 0 Å². The minimum atomic E-state index is -3.43. The average molecular weight is 356 g/mol. The summed E-state index contributed by atoms with van der Waals surface area (Å²) < 4.78 is 27.6. The van der Waals surface area contributed by atoms with Crippen LogP contribution in [0.25, 0.3) is 0 Å². The van der Waals surface area contributed by atoms with Crippen molar-refractivity contribution in [2.24, 2.45) is 0 Å². The normalized spacial score (nSPS) is 20.2. The lowest BCUT2D eigenvalue weighted by molar-refractivity contribution is 0.428.